The normalized spacial score (nSPS) is 16.3. The SMILES string of the molecule is CN1CCc2cc3[nH]c(C=O)cc3cc2C1. The van der Waals surface area contributed by atoms with Crippen molar-refractivity contribution in [3.63, 3.8) is 0 Å². The molecule has 3 nitrogen and oxygen atoms in total. The van der Waals surface area contributed by atoms with E-state index in [4.69, 9.17) is 0 Å². The van der Waals surface area contributed by atoms with Crippen molar-refractivity contribution in [1.82, 2.24) is 9.88 Å². The van der Waals surface area contributed by atoms with E-state index in [1.165, 1.54) is 11.1 Å². The molecule has 0 radical (unpaired) electrons. The molecule has 0 saturated carbocycles. The van der Waals surface area contributed by atoms with Crippen LogP contribution in [0.1, 0.15) is 21.6 Å². The van der Waals surface area contributed by atoms with Crippen molar-refractivity contribution < 1.29 is 4.79 Å². The summed E-state index contributed by atoms with van der Waals surface area (Å²) in [6, 6.07) is 6.30. The molecule has 82 valence electrons. The molecule has 1 aromatic heterocycles. The predicted molar refractivity (Wildman–Crippen MR) is 63.7 cm³/mol. The number of benzene rings is 1. The first kappa shape index (κ1) is 9.60. The van der Waals surface area contributed by atoms with Gasteiger partial charge in [0.1, 0.15) is 0 Å². The Morgan fingerprint density at radius 1 is 1.31 bits per heavy atom. The lowest BCUT2D eigenvalue weighted by Crippen LogP contribution is -2.26. The van der Waals surface area contributed by atoms with Gasteiger partial charge in [-0.2, -0.15) is 0 Å². The van der Waals surface area contributed by atoms with Gasteiger partial charge in [0, 0.05) is 24.0 Å². The second kappa shape index (κ2) is 3.46. The molecule has 3 rings (SSSR count). The van der Waals surface area contributed by atoms with Crippen molar-refractivity contribution in [3.8, 4) is 0 Å². The molecule has 16 heavy (non-hydrogen) atoms. The number of aromatic nitrogens is 1. The van der Waals surface area contributed by atoms with E-state index < -0.39 is 0 Å². The summed E-state index contributed by atoms with van der Waals surface area (Å²) < 4.78 is 0. The van der Waals surface area contributed by atoms with Crippen LogP contribution in [0.25, 0.3) is 10.9 Å². The highest BCUT2D eigenvalue weighted by Gasteiger charge is 2.14. The van der Waals surface area contributed by atoms with Crippen LogP contribution < -0.4 is 0 Å². The van der Waals surface area contributed by atoms with E-state index in [9.17, 15) is 4.79 Å². The Labute approximate surface area is 94.1 Å². The fraction of sp³-hybridized carbons (Fsp3) is 0.308. The molecule has 2 aromatic rings. The number of H-pyrrole nitrogens is 1. The Balaban J connectivity index is 2.17. The van der Waals surface area contributed by atoms with Gasteiger partial charge in [0.15, 0.2) is 6.29 Å². The molecule has 1 aliphatic rings. The highest BCUT2D eigenvalue weighted by atomic mass is 16.1. The average Bonchev–Trinajstić information content (AvgIpc) is 2.67. The van der Waals surface area contributed by atoms with Crippen LogP contribution in [0, 0.1) is 0 Å². The minimum atomic E-state index is 0.658. The number of hydrogen-bond acceptors (Lipinski definition) is 2. The first-order valence-corrected chi connectivity index (χ1v) is 5.54. The van der Waals surface area contributed by atoms with Crippen LogP contribution >= 0.6 is 0 Å². The quantitative estimate of drug-likeness (QED) is 0.737. The Hall–Kier alpha value is -1.61. The van der Waals surface area contributed by atoms with Gasteiger partial charge in [0.2, 0.25) is 0 Å². The van der Waals surface area contributed by atoms with Gasteiger partial charge in [-0.05, 0) is 42.8 Å². The number of nitrogens with one attached hydrogen (secondary N) is 1. The zero-order valence-electron chi connectivity index (χ0n) is 9.29. The van der Waals surface area contributed by atoms with Gasteiger partial charge in [-0.3, -0.25) is 4.79 Å². The van der Waals surface area contributed by atoms with E-state index in [-0.39, 0.29) is 0 Å². The molecular weight excluding hydrogens is 200 g/mol. The number of rotatable bonds is 1. The molecule has 0 bridgehead atoms. The Morgan fingerprint density at radius 2 is 2.19 bits per heavy atom. The number of carbonyl (C=O) groups is 1. The largest absolute Gasteiger partial charge is 0.352 e. The van der Waals surface area contributed by atoms with Gasteiger partial charge in [-0.25, -0.2) is 0 Å². The highest BCUT2D eigenvalue weighted by Crippen LogP contribution is 2.24. The predicted octanol–water partition coefficient (Wildman–Crippen LogP) is 1.97. The summed E-state index contributed by atoms with van der Waals surface area (Å²) >= 11 is 0. The van der Waals surface area contributed by atoms with Gasteiger partial charge in [0.05, 0.1) is 5.69 Å². The van der Waals surface area contributed by atoms with E-state index in [1.54, 1.807) is 0 Å². The van der Waals surface area contributed by atoms with Crippen molar-refractivity contribution in [1.29, 1.82) is 0 Å². The van der Waals surface area contributed by atoms with Crippen LogP contribution in [0.15, 0.2) is 18.2 Å². The number of carbonyl (C=O) groups excluding carboxylic acids is 1. The third-order valence-electron chi connectivity index (χ3n) is 3.29. The van der Waals surface area contributed by atoms with Crippen molar-refractivity contribution in [2.24, 2.45) is 0 Å². The van der Waals surface area contributed by atoms with E-state index >= 15 is 0 Å². The molecule has 1 aliphatic heterocycles. The van der Waals surface area contributed by atoms with Crippen LogP contribution in [0.3, 0.4) is 0 Å². The zero-order valence-corrected chi connectivity index (χ0v) is 9.29. The summed E-state index contributed by atoms with van der Waals surface area (Å²) in [4.78, 5) is 16.2. The molecule has 0 amide bonds. The first-order valence-electron chi connectivity index (χ1n) is 5.54. The maximum atomic E-state index is 10.7. The molecule has 1 aromatic carbocycles. The lowest BCUT2D eigenvalue weighted by atomic mass is 9.98. The minimum Gasteiger partial charge on any atom is -0.352 e. The summed E-state index contributed by atoms with van der Waals surface area (Å²) in [7, 11) is 2.14. The van der Waals surface area contributed by atoms with Crippen LogP contribution in [0.5, 0.6) is 0 Å². The minimum absolute atomic E-state index is 0.658. The van der Waals surface area contributed by atoms with Gasteiger partial charge < -0.3 is 9.88 Å². The second-order valence-corrected chi connectivity index (χ2v) is 4.54. The maximum absolute atomic E-state index is 10.7. The Bertz CT molecular complexity index is 556. The van der Waals surface area contributed by atoms with Crippen molar-refractivity contribution in [2.45, 2.75) is 13.0 Å². The number of aromatic amines is 1. The van der Waals surface area contributed by atoms with E-state index in [0.717, 1.165) is 36.7 Å². The van der Waals surface area contributed by atoms with Gasteiger partial charge >= 0.3 is 0 Å². The summed E-state index contributed by atoms with van der Waals surface area (Å²) in [5.74, 6) is 0. The summed E-state index contributed by atoms with van der Waals surface area (Å²) in [6.07, 6.45) is 1.96. The molecule has 0 unspecified atom stereocenters. The smallest absolute Gasteiger partial charge is 0.166 e. The molecule has 0 atom stereocenters. The number of fused-ring (bicyclic) bond motifs is 2. The van der Waals surface area contributed by atoms with Crippen LogP contribution in [0.4, 0.5) is 0 Å². The van der Waals surface area contributed by atoms with Gasteiger partial charge in [0.25, 0.3) is 0 Å². The lowest BCUT2D eigenvalue weighted by Gasteiger charge is -2.24. The first-order chi connectivity index (χ1) is 7.76. The Morgan fingerprint density at radius 3 is 3.00 bits per heavy atom. The summed E-state index contributed by atoms with van der Waals surface area (Å²) in [5, 5.41) is 1.14. The molecule has 2 heterocycles. The van der Waals surface area contributed by atoms with Gasteiger partial charge in [-0.1, -0.05) is 0 Å². The third kappa shape index (κ3) is 1.44. The fourth-order valence-corrected chi connectivity index (χ4v) is 2.42. The number of aldehydes is 1. The average molecular weight is 214 g/mol. The molecule has 0 aliphatic carbocycles. The molecule has 0 saturated heterocycles. The topological polar surface area (TPSA) is 36.1 Å². The van der Waals surface area contributed by atoms with E-state index in [2.05, 4.69) is 29.1 Å². The lowest BCUT2D eigenvalue weighted by molar-refractivity contribution is 0.112. The monoisotopic (exact) mass is 214 g/mol. The van der Waals surface area contributed by atoms with Crippen molar-refractivity contribution >= 4 is 17.2 Å². The second-order valence-electron chi connectivity index (χ2n) is 4.54. The third-order valence-corrected chi connectivity index (χ3v) is 3.29. The summed E-state index contributed by atoms with van der Waals surface area (Å²) in [6.45, 7) is 2.12. The van der Waals surface area contributed by atoms with Crippen molar-refractivity contribution in [2.75, 3.05) is 13.6 Å². The molecule has 3 heteroatoms. The van der Waals surface area contributed by atoms with Crippen LogP contribution in [0.2, 0.25) is 0 Å². The standard InChI is InChI=1S/C13H14N2O/c1-15-3-2-9-6-13-10(4-11(9)7-15)5-12(8-16)14-13/h4-6,8,14H,2-3,7H2,1H3. The van der Waals surface area contributed by atoms with Crippen molar-refractivity contribution in [3.05, 3.63) is 35.0 Å². The zero-order chi connectivity index (χ0) is 11.1. The van der Waals surface area contributed by atoms with E-state index in [1.807, 2.05) is 6.07 Å². The summed E-state index contributed by atoms with van der Waals surface area (Å²) in [5.41, 5.74) is 4.53. The number of nitrogens with zero attached hydrogens (tertiary/aromatic N) is 1. The van der Waals surface area contributed by atoms with E-state index in [0.29, 0.717) is 5.69 Å². The number of hydrogen-bond donors (Lipinski definition) is 1. The molecule has 0 fully saturated rings. The maximum Gasteiger partial charge on any atom is 0.166 e. The highest BCUT2D eigenvalue weighted by molar-refractivity contribution is 5.88. The Kier molecular flexibility index (Phi) is 2.07. The van der Waals surface area contributed by atoms with Gasteiger partial charge in [-0.15, -0.1) is 0 Å². The molecular formula is C13H14N2O. The molecule has 0 spiro atoms. The van der Waals surface area contributed by atoms with Crippen LogP contribution in [-0.4, -0.2) is 29.8 Å². The van der Waals surface area contributed by atoms with Crippen LogP contribution in [-0.2, 0) is 13.0 Å². The number of likely N-dealkylation sites (N-methyl/N-ethyl adjacent to an activating group) is 1. The fourth-order valence-electron chi connectivity index (χ4n) is 2.42. The molecule has 1 N–H and O–H groups in total.